The number of amides is 3. The molecule has 0 saturated carbocycles. The molecule has 9 nitrogen and oxygen atoms in total. The third kappa shape index (κ3) is 5.18. The minimum atomic E-state index is -0.485. The molecule has 9 heteroatoms. The van der Waals surface area contributed by atoms with Gasteiger partial charge in [0.15, 0.2) is 0 Å². The van der Waals surface area contributed by atoms with Crippen molar-refractivity contribution in [3.05, 3.63) is 64.7 Å². The van der Waals surface area contributed by atoms with Crippen molar-refractivity contribution in [1.82, 2.24) is 10.2 Å². The van der Waals surface area contributed by atoms with Gasteiger partial charge < -0.3 is 16.0 Å². The number of nitrogens with zero attached hydrogens (tertiary/aromatic N) is 2. The topological polar surface area (TPSA) is 117 Å². The van der Waals surface area contributed by atoms with Gasteiger partial charge in [0, 0.05) is 41.6 Å². The van der Waals surface area contributed by atoms with Gasteiger partial charge in [-0.05, 0) is 43.9 Å². The largest absolute Gasteiger partial charge is 0.335 e. The van der Waals surface area contributed by atoms with Crippen molar-refractivity contribution >= 4 is 29.0 Å². The molecule has 2 aromatic rings. The molecule has 0 aliphatic carbocycles. The van der Waals surface area contributed by atoms with Gasteiger partial charge in [0.1, 0.15) is 0 Å². The first-order chi connectivity index (χ1) is 15.0. The number of para-hydroxylation sites is 1. The molecule has 0 radical (unpaired) electrons. The van der Waals surface area contributed by atoms with Gasteiger partial charge in [-0.15, -0.1) is 0 Å². The Bertz CT molecular complexity index is 953. The van der Waals surface area contributed by atoms with E-state index >= 15 is 0 Å². The molecule has 2 aliphatic heterocycles. The van der Waals surface area contributed by atoms with Crippen LogP contribution >= 0.6 is 0 Å². The van der Waals surface area contributed by atoms with Crippen molar-refractivity contribution in [2.24, 2.45) is 0 Å². The van der Waals surface area contributed by atoms with Crippen LogP contribution in [0.2, 0.25) is 0 Å². The second kappa shape index (κ2) is 9.13. The van der Waals surface area contributed by atoms with E-state index in [0.29, 0.717) is 5.69 Å². The summed E-state index contributed by atoms with van der Waals surface area (Å²) >= 11 is 0. The second-order valence-electron chi connectivity index (χ2n) is 8.05. The third-order valence-electron chi connectivity index (χ3n) is 5.92. The van der Waals surface area contributed by atoms with Crippen LogP contribution in [0.1, 0.15) is 25.7 Å². The molecular weight excluding hydrogens is 398 g/mol. The Kier molecular flexibility index (Phi) is 6.13. The van der Waals surface area contributed by atoms with Crippen molar-refractivity contribution in [1.29, 1.82) is 0 Å². The number of anilines is 2. The summed E-state index contributed by atoms with van der Waals surface area (Å²) in [7, 11) is 0. The number of carbonyl (C=O) groups is 2. The summed E-state index contributed by atoms with van der Waals surface area (Å²) < 4.78 is 0. The maximum Gasteiger partial charge on any atom is 0.319 e. The molecule has 2 aliphatic rings. The van der Waals surface area contributed by atoms with E-state index in [1.165, 1.54) is 12.1 Å². The molecule has 162 valence electrons. The van der Waals surface area contributed by atoms with E-state index in [1.54, 1.807) is 12.1 Å². The minimum absolute atomic E-state index is 0.0569. The summed E-state index contributed by atoms with van der Waals surface area (Å²) in [5, 5.41) is 19.6. The predicted molar refractivity (Wildman–Crippen MR) is 117 cm³/mol. The van der Waals surface area contributed by atoms with Crippen LogP contribution in [-0.2, 0) is 4.79 Å². The van der Waals surface area contributed by atoms with Gasteiger partial charge in [-0.25, -0.2) is 4.79 Å². The smallest absolute Gasteiger partial charge is 0.319 e. The number of nitro groups is 1. The van der Waals surface area contributed by atoms with Gasteiger partial charge in [-0.1, -0.05) is 24.3 Å². The van der Waals surface area contributed by atoms with Crippen LogP contribution in [0, 0.1) is 10.1 Å². The zero-order valence-electron chi connectivity index (χ0n) is 17.0. The average molecular weight is 423 g/mol. The molecule has 3 N–H and O–H groups in total. The number of hydrogen-bond donors (Lipinski definition) is 3. The Morgan fingerprint density at radius 1 is 0.968 bits per heavy atom. The molecule has 2 fully saturated rings. The fourth-order valence-corrected chi connectivity index (χ4v) is 4.59. The van der Waals surface area contributed by atoms with E-state index in [-0.39, 0.29) is 42.3 Å². The van der Waals surface area contributed by atoms with Crippen LogP contribution in [-0.4, -0.2) is 46.4 Å². The molecule has 2 heterocycles. The molecule has 0 spiro atoms. The monoisotopic (exact) mass is 423 g/mol. The van der Waals surface area contributed by atoms with Crippen molar-refractivity contribution in [3.63, 3.8) is 0 Å². The van der Waals surface area contributed by atoms with Crippen LogP contribution in [0.15, 0.2) is 54.6 Å². The van der Waals surface area contributed by atoms with E-state index < -0.39 is 4.92 Å². The van der Waals surface area contributed by atoms with E-state index in [0.717, 1.165) is 31.4 Å². The Balaban J connectivity index is 1.29. The number of hydrogen-bond acceptors (Lipinski definition) is 5. The van der Waals surface area contributed by atoms with Crippen molar-refractivity contribution in [3.8, 4) is 0 Å². The molecule has 2 saturated heterocycles. The molecule has 2 aromatic carbocycles. The number of nitrogens with one attached hydrogen (secondary N) is 3. The average Bonchev–Trinajstić information content (AvgIpc) is 2.96. The van der Waals surface area contributed by atoms with E-state index in [9.17, 15) is 19.7 Å². The fraction of sp³-hybridized carbons (Fsp3) is 0.364. The molecule has 3 atom stereocenters. The second-order valence-corrected chi connectivity index (χ2v) is 8.05. The van der Waals surface area contributed by atoms with E-state index in [2.05, 4.69) is 20.9 Å². The number of rotatable bonds is 6. The maximum absolute atomic E-state index is 12.5. The molecule has 1 unspecified atom stereocenters. The number of nitro benzene ring substituents is 1. The van der Waals surface area contributed by atoms with Crippen molar-refractivity contribution < 1.29 is 14.5 Å². The van der Waals surface area contributed by atoms with E-state index in [4.69, 9.17) is 0 Å². The summed E-state index contributed by atoms with van der Waals surface area (Å²) in [5.41, 5.74) is 1.11. The lowest BCUT2D eigenvalue weighted by Gasteiger charge is -2.38. The maximum atomic E-state index is 12.5. The lowest BCUT2D eigenvalue weighted by Crippen LogP contribution is -2.52. The number of carbonyl (C=O) groups excluding carboxylic acids is 2. The molecule has 4 rings (SSSR count). The standard InChI is InChI=1S/C22H25N5O4/c28-21(23-16-7-4-8-20(11-16)27(30)31)14-26-18-9-10-19(26)13-17(12-18)25-22(29)24-15-5-2-1-3-6-15/h1-8,11,17-19H,9-10,12-14H2,(H,23,28)(H2,24,25,29)/t17?,18-,19+. The highest BCUT2D eigenvalue weighted by Gasteiger charge is 2.41. The number of fused-ring (bicyclic) bond motifs is 2. The number of benzene rings is 2. The van der Waals surface area contributed by atoms with Gasteiger partial charge in [-0.3, -0.25) is 19.8 Å². The van der Waals surface area contributed by atoms with Crippen LogP contribution < -0.4 is 16.0 Å². The first kappa shape index (κ1) is 20.8. The third-order valence-corrected chi connectivity index (χ3v) is 5.92. The fourth-order valence-electron chi connectivity index (χ4n) is 4.59. The quantitative estimate of drug-likeness (QED) is 0.487. The summed E-state index contributed by atoms with van der Waals surface area (Å²) in [6.45, 7) is 0.237. The normalized spacial score (nSPS) is 22.5. The Morgan fingerprint density at radius 2 is 1.65 bits per heavy atom. The molecule has 2 bridgehead atoms. The summed E-state index contributed by atoms with van der Waals surface area (Å²) in [5.74, 6) is -0.189. The lowest BCUT2D eigenvalue weighted by atomic mass is 9.97. The first-order valence-corrected chi connectivity index (χ1v) is 10.4. The van der Waals surface area contributed by atoms with Gasteiger partial charge in [-0.2, -0.15) is 0 Å². The van der Waals surface area contributed by atoms with Crippen LogP contribution in [0.3, 0.4) is 0 Å². The Morgan fingerprint density at radius 3 is 2.32 bits per heavy atom. The molecule has 0 aromatic heterocycles. The van der Waals surface area contributed by atoms with Gasteiger partial charge in [0.25, 0.3) is 5.69 Å². The zero-order valence-corrected chi connectivity index (χ0v) is 17.0. The zero-order chi connectivity index (χ0) is 21.8. The SMILES string of the molecule is O=C(CN1[C@@H]2CC[C@H]1CC(NC(=O)Nc1ccccc1)C2)Nc1cccc([N+](=O)[O-])c1. The minimum Gasteiger partial charge on any atom is -0.335 e. The van der Waals surface area contributed by atoms with Crippen molar-refractivity contribution in [2.45, 2.75) is 43.8 Å². The molecule has 31 heavy (non-hydrogen) atoms. The van der Waals surface area contributed by atoms with Gasteiger partial charge >= 0.3 is 6.03 Å². The summed E-state index contributed by atoms with van der Waals surface area (Å²) in [4.78, 5) is 37.5. The summed E-state index contributed by atoms with van der Waals surface area (Å²) in [6, 6.07) is 15.6. The highest BCUT2D eigenvalue weighted by Crippen LogP contribution is 2.35. The van der Waals surface area contributed by atoms with Gasteiger partial charge in [0.2, 0.25) is 5.91 Å². The highest BCUT2D eigenvalue weighted by atomic mass is 16.6. The first-order valence-electron chi connectivity index (χ1n) is 10.4. The van der Waals surface area contributed by atoms with E-state index in [1.807, 2.05) is 30.3 Å². The van der Waals surface area contributed by atoms with Crippen LogP contribution in [0.5, 0.6) is 0 Å². The van der Waals surface area contributed by atoms with Gasteiger partial charge in [0.05, 0.1) is 11.5 Å². The van der Waals surface area contributed by atoms with Crippen LogP contribution in [0.4, 0.5) is 21.9 Å². The number of non-ortho nitro benzene ring substituents is 1. The molecular formula is C22H25N5O4. The Hall–Kier alpha value is -3.46. The predicted octanol–water partition coefficient (Wildman–Crippen LogP) is 3.35. The summed E-state index contributed by atoms with van der Waals surface area (Å²) in [6.07, 6.45) is 3.58. The lowest BCUT2D eigenvalue weighted by molar-refractivity contribution is -0.384. The number of piperidine rings is 1. The molecule has 3 amide bonds. The number of urea groups is 1. The van der Waals surface area contributed by atoms with Crippen LogP contribution in [0.25, 0.3) is 0 Å². The highest BCUT2D eigenvalue weighted by molar-refractivity contribution is 5.92. The van der Waals surface area contributed by atoms with Crippen molar-refractivity contribution in [2.75, 3.05) is 17.2 Å². The Labute approximate surface area is 180 Å².